The molecule has 2 aromatic rings. The molecule has 0 aliphatic rings. The summed E-state index contributed by atoms with van der Waals surface area (Å²) >= 11 is 0. The fraction of sp³-hybridized carbons (Fsp3) is 0.400. The van der Waals surface area contributed by atoms with Gasteiger partial charge in [-0.15, -0.1) is 0 Å². The predicted molar refractivity (Wildman–Crippen MR) is 97.3 cm³/mol. The molecular formula is C20H25NO4. The molecule has 0 unspecified atom stereocenters. The van der Waals surface area contributed by atoms with Crippen LogP contribution in [0, 0.1) is 0 Å². The van der Waals surface area contributed by atoms with Crippen molar-refractivity contribution in [2.45, 2.75) is 45.8 Å². The summed E-state index contributed by atoms with van der Waals surface area (Å²) in [5.74, 6) is -0.364. The van der Waals surface area contributed by atoms with Crippen molar-refractivity contribution in [3.63, 3.8) is 0 Å². The minimum Gasteiger partial charge on any atom is -0.458 e. The lowest BCUT2D eigenvalue weighted by Crippen LogP contribution is -2.33. The van der Waals surface area contributed by atoms with Crippen LogP contribution in [0.2, 0.25) is 0 Å². The number of hydrogen-bond donors (Lipinski definition) is 1. The van der Waals surface area contributed by atoms with Gasteiger partial charge in [-0.2, -0.15) is 0 Å². The molecule has 25 heavy (non-hydrogen) atoms. The maximum Gasteiger partial charge on any atom is 0.407 e. The summed E-state index contributed by atoms with van der Waals surface area (Å²) < 4.78 is 10.5. The Hall–Kier alpha value is -2.56. The summed E-state index contributed by atoms with van der Waals surface area (Å²) in [5, 5.41) is 4.80. The molecule has 0 radical (unpaired) electrons. The number of esters is 1. The van der Waals surface area contributed by atoms with Crippen LogP contribution in [0.1, 0.15) is 45.8 Å². The Morgan fingerprint density at radius 2 is 1.76 bits per heavy atom. The minimum atomic E-state index is -0.560. The van der Waals surface area contributed by atoms with Gasteiger partial charge in [0.1, 0.15) is 11.7 Å². The Morgan fingerprint density at radius 3 is 2.44 bits per heavy atom. The van der Waals surface area contributed by atoms with Crippen molar-refractivity contribution in [3.8, 4) is 0 Å². The van der Waals surface area contributed by atoms with Crippen LogP contribution in [-0.4, -0.2) is 24.2 Å². The van der Waals surface area contributed by atoms with Crippen LogP contribution in [0.15, 0.2) is 42.5 Å². The predicted octanol–water partition coefficient (Wildman–Crippen LogP) is 4.36. The summed E-state index contributed by atoms with van der Waals surface area (Å²) in [4.78, 5) is 23.5. The quantitative estimate of drug-likeness (QED) is 0.819. The van der Waals surface area contributed by atoms with Crippen molar-refractivity contribution in [1.82, 2.24) is 5.32 Å². The highest BCUT2D eigenvalue weighted by Gasteiger charge is 2.17. The van der Waals surface area contributed by atoms with Gasteiger partial charge in [0.05, 0.1) is 6.42 Å². The van der Waals surface area contributed by atoms with Crippen LogP contribution in [-0.2, 0) is 14.3 Å². The van der Waals surface area contributed by atoms with Gasteiger partial charge in [-0.25, -0.2) is 4.79 Å². The van der Waals surface area contributed by atoms with Gasteiger partial charge in [0.25, 0.3) is 0 Å². The zero-order valence-corrected chi connectivity index (χ0v) is 15.2. The van der Waals surface area contributed by atoms with Gasteiger partial charge in [-0.3, -0.25) is 4.79 Å². The average Bonchev–Trinajstić information content (AvgIpc) is 2.52. The second-order valence-electron chi connectivity index (χ2n) is 6.92. The van der Waals surface area contributed by atoms with Gasteiger partial charge in [0.15, 0.2) is 0 Å². The topological polar surface area (TPSA) is 64.6 Å². The Bertz CT molecular complexity index is 749. The molecule has 0 saturated carbocycles. The van der Waals surface area contributed by atoms with Crippen LogP contribution >= 0.6 is 0 Å². The molecule has 5 heteroatoms. The molecule has 1 N–H and O–H groups in total. The molecule has 1 atom stereocenters. The highest BCUT2D eigenvalue weighted by Crippen LogP contribution is 2.22. The second-order valence-corrected chi connectivity index (χ2v) is 6.92. The lowest BCUT2D eigenvalue weighted by Gasteiger charge is -2.19. The van der Waals surface area contributed by atoms with Crippen LogP contribution in [0.3, 0.4) is 0 Å². The molecule has 2 aromatic carbocycles. The third-order valence-corrected chi connectivity index (χ3v) is 3.55. The average molecular weight is 343 g/mol. The minimum absolute atomic E-state index is 0.0944. The molecule has 0 heterocycles. The summed E-state index contributed by atoms with van der Waals surface area (Å²) in [6.07, 6.45) is -0.793. The van der Waals surface area contributed by atoms with E-state index in [0.717, 1.165) is 16.3 Å². The van der Waals surface area contributed by atoms with Crippen molar-refractivity contribution >= 4 is 22.8 Å². The van der Waals surface area contributed by atoms with Crippen molar-refractivity contribution < 1.29 is 19.1 Å². The van der Waals surface area contributed by atoms with Gasteiger partial charge in [0, 0.05) is 6.54 Å². The lowest BCUT2D eigenvalue weighted by atomic mass is 10.0. The smallest absolute Gasteiger partial charge is 0.407 e. The molecule has 1 amide bonds. The van der Waals surface area contributed by atoms with E-state index in [0.29, 0.717) is 0 Å². The Morgan fingerprint density at radius 1 is 1.08 bits per heavy atom. The Balaban J connectivity index is 1.82. The third-order valence-electron chi connectivity index (χ3n) is 3.55. The number of carbonyl (C=O) groups is 2. The van der Waals surface area contributed by atoms with Gasteiger partial charge < -0.3 is 14.8 Å². The summed E-state index contributed by atoms with van der Waals surface area (Å²) in [6.45, 7) is 7.37. The molecule has 0 aliphatic heterocycles. The van der Waals surface area contributed by atoms with Gasteiger partial charge in [-0.1, -0.05) is 36.4 Å². The third kappa shape index (κ3) is 6.10. The van der Waals surface area contributed by atoms with Gasteiger partial charge in [-0.05, 0) is 50.1 Å². The first kappa shape index (κ1) is 18.8. The number of amides is 1. The monoisotopic (exact) mass is 343 g/mol. The molecule has 0 fully saturated rings. The molecular weight excluding hydrogens is 318 g/mol. The highest BCUT2D eigenvalue weighted by atomic mass is 16.6. The van der Waals surface area contributed by atoms with Crippen LogP contribution in [0.5, 0.6) is 0 Å². The Labute approximate surface area is 148 Å². The van der Waals surface area contributed by atoms with Crippen molar-refractivity contribution in [2.24, 2.45) is 0 Å². The number of carbonyl (C=O) groups excluding carboxylic acids is 2. The van der Waals surface area contributed by atoms with Crippen molar-refractivity contribution in [3.05, 3.63) is 48.0 Å². The summed E-state index contributed by atoms with van der Waals surface area (Å²) in [5.41, 5.74) is 0.377. The van der Waals surface area contributed by atoms with Crippen molar-refractivity contribution in [1.29, 1.82) is 0 Å². The first-order chi connectivity index (χ1) is 11.7. The molecule has 5 nitrogen and oxygen atoms in total. The first-order valence-electron chi connectivity index (χ1n) is 8.39. The second kappa shape index (κ2) is 8.01. The maximum atomic E-state index is 11.9. The van der Waals surface area contributed by atoms with E-state index < -0.39 is 11.7 Å². The van der Waals surface area contributed by atoms with E-state index in [2.05, 4.69) is 5.32 Å². The number of nitrogens with one attached hydrogen (secondary N) is 1. The molecule has 0 aliphatic carbocycles. The van der Waals surface area contributed by atoms with Crippen molar-refractivity contribution in [2.75, 3.05) is 6.54 Å². The van der Waals surface area contributed by atoms with E-state index >= 15 is 0 Å². The zero-order chi connectivity index (χ0) is 18.4. The van der Waals surface area contributed by atoms with Crippen LogP contribution in [0.25, 0.3) is 10.8 Å². The molecule has 0 aromatic heterocycles. The molecule has 0 saturated heterocycles. The largest absolute Gasteiger partial charge is 0.458 e. The standard InChI is InChI=1S/C20H25NO4/c1-14(16-10-9-15-7-5-6-8-17(15)13-16)24-18(22)11-12-21-19(23)25-20(2,3)4/h5-10,13-14H,11-12H2,1-4H3,(H,21,23)/t14-/m1/s1. The maximum absolute atomic E-state index is 11.9. The molecule has 0 bridgehead atoms. The van der Waals surface area contributed by atoms with Gasteiger partial charge in [0.2, 0.25) is 0 Å². The fourth-order valence-corrected chi connectivity index (χ4v) is 2.37. The number of fused-ring (bicyclic) bond motifs is 1. The SMILES string of the molecule is C[C@@H](OC(=O)CCNC(=O)OC(C)(C)C)c1ccc2ccccc2c1. The number of benzene rings is 2. The Kier molecular flexibility index (Phi) is 6.02. The number of ether oxygens (including phenoxy) is 2. The normalized spacial score (nSPS) is 12.5. The van der Waals surface area contributed by atoms with Crippen LogP contribution in [0.4, 0.5) is 4.79 Å². The number of hydrogen-bond acceptors (Lipinski definition) is 4. The number of rotatable bonds is 5. The first-order valence-corrected chi connectivity index (χ1v) is 8.39. The summed E-state index contributed by atoms with van der Waals surface area (Å²) in [7, 11) is 0. The molecule has 0 spiro atoms. The van der Waals surface area contributed by atoms with E-state index in [9.17, 15) is 9.59 Å². The summed E-state index contributed by atoms with van der Waals surface area (Å²) in [6, 6.07) is 14.0. The van der Waals surface area contributed by atoms with Crippen LogP contribution < -0.4 is 5.32 Å². The molecule has 2 rings (SSSR count). The lowest BCUT2D eigenvalue weighted by molar-refractivity contribution is -0.148. The zero-order valence-electron chi connectivity index (χ0n) is 15.2. The van der Waals surface area contributed by atoms with E-state index in [1.165, 1.54) is 0 Å². The van der Waals surface area contributed by atoms with E-state index in [-0.39, 0.29) is 25.0 Å². The van der Waals surface area contributed by atoms with E-state index in [1.807, 2.05) is 49.4 Å². The van der Waals surface area contributed by atoms with Gasteiger partial charge >= 0.3 is 12.1 Å². The number of alkyl carbamates (subject to hydrolysis) is 1. The molecule has 134 valence electrons. The van der Waals surface area contributed by atoms with E-state index in [4.69, 9.17) is 9.47 Å². The fourth-order valence-electron chi connectivity index (χ4n) is 2.37. The highest BCUT2D eigenvalue weighted by molar-refractivity contribution is 5.83. The van der Waals surface area contributed by atoms with E-state index in [1.54, 1.807) is 20.8 Å².